The van der Waals surface area contributed by atoms with Gasteiger partial charge in [-0.25, -0.2) is 0 Å². The van der Waals surface area contributed by atoms with Gasteiger partial charge in [0.25, 0.3) is 0 Å². The fourth-order valence-electron chi connectivity index (χ4n) is 3.22. The highest BCUT2D eigenvalue weighted by atomic mass is 79.9. The third kappa shape index (κ3) is 7.15. The van der Waals surface area contributed by atoms with Crippen LogP contribution < -0.4 is 14.8 Å². The maximum Gasteiger partial charge on any atom is 0.175 e. The highest BCUT2D eigenvalue weighted by Crippen LogP contribution is 2.37. The molecule has 1 aliphatic carbocycles. The van der Waals surface area contributed by atoms with E-state index in [0.717, 1.165) is 28.1 Å². The van der Waals surface area contributed by atoms with Gasteiger partial charge >= 0.3 is 0 Å². The number of hydrogen-bond acceptors (Lipinski definition) is 4. The molecule has 0 amide bonds. The van der Waals surface area contributed by atoms with Crippen LogP contribution in [0.5, 0.6) is 11.5 Å². The van der Waals surface area contributed by atoms with Crippen LogP contribution >= 0.6 is 40.7 Å². The van der Waals surface area contributed by atoms with Gasteiger partial charge in [0.15, 0.2) is 11.5 Å². The van der Waals surface area contributed by atoms with Gasteiger partial charge in [-0.15, -0.1) is 24.8 Å². The van der Waals surface area contributed by atoms with E-state index in [1.807, 2.05) is 18.3 Å². The summed E-state index contributed by atoms with van der Waals surface area (Å²) in [4.78, 5) is 4.11. The summed E-state index contributed by atoms with van der Waals surface area (Å²) in [6, 6.07) is 8.71. The molecule has 0 bridgehead atoms. The first kappa shape index (κ1) is 24.0. The average Bonchev–Trinajstić information content (AvgIpc) is 2.66. The van der Waals surface area contributed by atoms with Gasteiger partial charge in [0, 0.05) is 30.5 Å². The van der Waals surface area contributed by atoms with Crippen molar-refractivity contribution in [2.24, 2.45) is 0 Å². The SMILES string of the molecule is COc1cc(CNC2CCCCC2)cc(Br)c1OCc1cccnc1.Cl.Cl. The Morgan fingerprint density at radius 3 is 2.59 bits per heavy atom. The Morgan fingerprint density at radius 1 is 1.15 bits per heavy atom. The van der Waals surface area contributed by atoms with Crippen molar-refractivity contribution in [3.63, 3.8) is 0 Å². The van der Waals surface area contributed by atoms with E-state index in [1.165, 1.54) is 37.7 Å². The first-order valence-corrected chi connectivity index (χ1v) is 9.67. The molecule has 0 radical (unpaired) electrons. The lowest BCUT2D eigenvalue weighted by Crippen LogP contribution is -2.30. The number of rotatable bonds is 7. The summed E-state index contributed by atoms with van der Waals surface area (Å²) < 4.78 is 12.4. The van der Waals surface area contributed by atoms with Crippen LogP contribution in [-0.2, 0) is 13.2 Å². The second-order valence-electron chi connectivity index (χ2n) is 6.47. The minimum Gasteiger partial charge on any atom is -0.493 e. The quantitative estimate of drug-likeness (QED) is 0.555. The van der Waals surface area contributed by atoms with Crippen molar-refractivity contribution in [2.75, 3.05) is 7.11 Å². The molecule has 7 heteroatoms. The Hall–Kier alpha value is -1.01. The molecule has 4 nitrogen and oxygen atoms in total. The smallest absolute Gasteiger partial charge is 0.175 e. The van der Waals surface area contributed by atoms with Crippen LogP contribution in [0.15, 0.2) is 41.1 Å². The number of methoxy groups -OCH3 is 1. The lowest BCUT2D eigenvalue weighted by molar-refractivity contribution is 0.282. The third-order valence-corrected chi connectivity index (χ3v) is 5.18. The van der Waals surface area contributed by atoms with Crippen molar-refractivity contribution in [3.8, 4) is 11.5 Å². The Kier molecular flexibility index (Phi) is 11.1. The van der Waals surface area contributed by atoms with Crippen LogP contribution in [0.2, 0.25) is 0 Å². The van der Waals surface area contributed by atoms with Gasteiger partial charge in [0.1, 0.15) is 6.61 Å². The van der Waals surface area contributed by atoms with Gasteiger partial charge in [-0.05, 0) is 52.5 Å². The molecule has 0 spiro atoms. The van der Waals surface area contributed by atoms with Crippen molar-refractivity contribution < 1.29 is 9.47 Å². The zero-order valence-corrected chi connectivity index (χ0v) is 18.7. The standard InChI is InChI=1S/C20H25BrN2O2.2ClH/c1-24-19-11-16(13-23-17-7-3-2-4-8-17)10-18(21)20(19)25-14-15-6-5-9-22-12-15;;/h5-6,9-12,17,23H,2-4,7-8,13-14H2,1H3;2*1H. The number of hydrogen-bond donors (Lipinski definition) is 1. The predicted octanol–water partition coefficient (Wildman–Crippen LogP) is 5.70. The van der Waals surface area contributed by atoms with E-state index in [4.69, 9.17) is 9.47 Å². The Bertz CT molecular complexity index is 683. The van der Waals surface area contributed by atoms with Crippen LogP contribution in [0.4, 0.5) is 0 Å². The third-order valence-electron chi connectivity index (χ3n) is 4.60. The second-order valence-corrected chi connectivity index (χ2v) is 7.33. The van der Waals surface area contributed by atoms with Gasteiger partial charge in [-0.2, -0.15) is 0 Å². The summed E-state index contributed by atoms with van der Waals surface area (Å²) in [7, 11) is 1.68. The highest BCUT2D eigenvalue weighted by molar-refractivity contribution is 9.10. The van der Waals surface area contributed by atoms with Crippen LogP contribution in [0.1, 0.15) is 43.2 Å². The second kappa shape index (κ2) is 12.4. The molecule has 0 unspecified atom stereocenters. The number of ether oxygens (including phenoxy) is 2. The Balaban J connectivity index is 0.00000182. The molecule has 1 aliphatic rings. The van der Waals surface area contributed by atoms with Crippen LogP contribution in [-0.4, -0.2) is 18.1 Å². The number of nitrogens with zero attached hydrogens (tertiary/aromatic N) is 1. The highest BCUT2D eigenvalue weighted by Gasteiger charge is 2.15. The minimum absolute atomic E-state index is 0. The minimum atomic E-state index is 0. The van der Waals surface area contributed by atoms with Crippen molar-refractivity contribution in [3.05, 3.63) is 52.3 Å². The van der Waals surface area contributed by atoms with Crippen LogP contribution in [0.25, 0.3) is 0 Å². The number of benzene rings is 1. The molecule has 1 heterocycles. The zero-order valence-electron chi connectivity index (χ0n) is 15.4. The van der Waals surface area contributed by atoms with E-state index in [9.17, 15) is 0 Å². The summed E-state index contributed by atoms with van der Waals surface area (Å²) >= 11 is 3.63. The lowest BCUT2D eigenvalue weighted by atomic mass is 9.95. The maximum absolute atomic E-state index is 5.96. The van der Waals surface area contributed by atoms with Gasteiger partial charge in [0.05, 0.1) is 11.6 Å². The van der Waals surface area contributed by atoms with Crippen molar-refractivity contribution in [1.29, 1.82) is 0 Å². The molecule has 0 atom stereocenters. The first-order chi connectivity index (χ1) is 12.3. The van der Waals surface area contributed by atoms with Gasteiger partial charge < -0.3 is 14.8 Å². The number of halogens is 3. The molecule has 150 valence electrons. The normalized spacial score (nSPS) is 14.0. The number of pyridine rings is 1. The Labute approximate surface area is 182 Å². The maximum atomic E-state index is 5.96. The van der Waals surface area contributed by atoms with E-state index in [1.54, 1.807) is 13.3 Å². The van der Waals surface area contributed by atoms with Crippen molar-refractivity contribution in [1.82, 2.24) is 10.3 Å². The summed E-state index contributed by atoms with van der Waals surface area (Å²) in [5, 5.41) is 3.67. The molecule has 27 heavy (non-hydrogen) atoms. The number of nitrogens with one attached hydrogen (secondary N) is 1. The molecule has 0 aliphatic heterocycles. The molecular weight excluding hydrogens is 451 g/mol. The summed E-state index contributed by atoms with van der Waals surface area (Å²) in [6.07, 6.45) is 10.2. The molecule has 1 aromatic carbocycles. The fourth-order valence-corrected chi connectivity index (χ4v) is 3.83. The number of aromatic nitrogens is 1. The van der Waals surface area contributed by atoms with Gasteiger partial charge in [-0.3, -0.25) is 4.98 Å². The predicted molar refractivity (Wildman–Crippen MR) is 117 cm³/mol. The topological polar surface area (TPSA) is 43.4 Å². The molecule has 1 saturated carbocycles. The van der Waals surface area contributed by atoms with Crippen LogP contribution in [0, 0.1) is 0 Å². The lowest BCUT2D eigenvalue weighted by Gasteiger charge is -2.23. The summed E-state index contributed by atoms with van der Waals surface area (Å²) in [5.41, 5.74) is 2.22. The first-order valence-electron chi connectivity index (χ1n) is 8.88. The Morgan fingerprint density at radius 2 is 1.93 bits per heavy atom. The fraction of sp³-hybridized carbons (Fsp3) is 0.450. The van der Waals surface area contributed by atoms with E-state index >= 15 is 0 Å². The molecule has 1 N–H and O–H groups in total. The molecule has 3 rings (SSSR count). The van der Waals surface area contributed by atoms with Crippen molar-refractivity contribution in [2.45, 2.75) is 51.3 Å². The van der Waals surface area contributed by atoms with E-state index in [-0.39, 0.29) is 24.8 Å². The van der Waals surface area contributed by atoms with E-state index < -0.39 is 0 Å². The van der Waals surface area contributed by atoms with E-state index in [0.29, 0.717) is 12.6 Å². The largest absolute Gasteiger partial charge is 0.493 e. The van der Waals surface area contributed by atoms with Crippen molar-refractivity contribution >= 4 is 40.7 Å². The van der Waals surface area contributed by atoms with E-state index in [2.05, 4.69) is 38.4 Å². The zero-order chi connectivity index (χ0) is 17.5. The van der Waals surface area contributed by atoms with Gasteiger partial charge in [0.2, 0.25) is 0 Å². The summed E-state index contributed by atoms with van der Waals surface area (Å²) in [6.45, 7) is 1.31. The summed E-state index contributed by atoms with van der Waals surface area (Å²) in [5.74, 6) is 1.48. The van der Waals surface area contributed by atoms with Crippen LogP contribution in [0.3, 0.4) is 0 Å². The molecule has 0 saturated heterocycles. The molecule has 1 aromatic heterocycles. The molecular formula is C20H27BrCl2N2O2. The molecule has 2 aromatic rings. The monoisotopic (exact) mass is 476 g/mol. The van der Waals surface area contributed by atoms with Gasteiger partial charge in [-0.1, -0.05) is 25.3 Å². The molecule has 1 fully saturated rings. The average molecular weight is 478 g/mol.